The first-order valence-corrected chi connectivity index (χ1v) is 10.5. The Morgan fingerprint density at radius 3 is 2.80 bits per heavy atom. The Labute approximate surface area is 178 Å². The number of hydrogen-bond donors (Lipinski definition) is 3. The number of aromatic nitrogens is 3. The Morgan fingerprint density at radius 1 is 1.27 bits per heavy atom. The highest BCUT2D eigenvalue weighted by Crippen LogP contribution is 2.09. The lowest BCUT2D eigenvalue weighted by Crippen LogP contribution is -2.52. The lowest BCUT2D eigenvalue weighted by atomic mass is 10.1. The Morgan fingerprint density at radius 2 is 2.07 bits per heavy atom. The summed E-state index contributed by atoms with van der Waals surface area (Å²) in [6, 6.07) is 8.29. The molecule has 2 heterocycles. The van der Waals surface area contributed by atoms with Crippen LogP contribution in [0.1, 0.15) is 25.0 Å². The molecular formula is C21H33N7O2. The molecule has 1 fully saturated rings. The molecule has 2 aromatic rings. The van der Waals surface area contributed by atoms with E-state index in [1.54, 1.807) is 11.0 Å². The zero-order valence-corrected chi connectivity index (χ0v) is 17.9. The summed E-state index contributed by atoms with van der Waals surface area (Å²) in [5.74, 6) is 0.696. The lowest BCUT2D eigenvalue weighted by molar-refractivity contribution is -0.0201. The highest BCUT2D eigenvalue weighted by molar-refractivity contribution is 5.79. The van der Waals surface area contributed by atoms with Gasteiger partial charge in [0.1, 0.15) is 12.7 Å². The maximum atomic E-state index is 10.8. The zero-order chi connectivity index (χ0) is 21.2. The molecule has 9 heteroatoms. The lowest BCUT2D eigenvalue weighted by Gasteiger charge is -2.34. The predicted octanol–water partition coefficient (Wildman–Crippen LogP) is 0.465. The second kappa shape index (κ2) is 11.1. The number of guanidine groups is 1. The van der Waals surface area contributed by atoms with E-state index in [-0.39, 0.29) is 0 Å². The van der Waals surface area contributed by atoms with Crippen LogP contribution in [0.3, 0.4) is 0 Å². The van der Waals surface area contributed by atoms with Gasteiger partial charge in [-0.2, -0.15) is 5.10 Å². The fourth-order valence-electron chi connectivity index (χ4n) is 3.41. The molecule has 30 heavy (non-hydrogen) atoms. The molecule has 1 saturated heterocycles. The van der Waals surface area contributed by atoms with Gasteiger partial charge in [0.15, 0.2) is 5.96 Å². The van der Waals surface area contributed by atoms with Crippen LogP contribution >= 0.6 is 0 Å². The van der Waals surface area contributed by atoms with Gasteiger partial charge in [-0.1, -0.05) is 24.3 Å². The van der Waals surface area contributed by atoms with Crippen molar-refractivity contribution in [2.24, 2.45) is 4.99 Å². The smallest absolute Gasteiger partial charge is 0.191 e. The van der Waals surface area contributed by atoms with Gasteiger partial charge in [0, 0.05) is 32.7 Å². The Balaban J connectivity index is 1.54. The van der Waals surface area contributed by atoms with Crippen LogP contribution in [0.15, 0.2) is 41.9 Å². The summed E-state index contributed by atoms with van der Waals surface area (Å²) in [6.45, 7) is 10.1. The third-order valence-corrected chi connectivity index (χ3v) is 4.87. The summed E-state index contributed by atoms with van der Waals surface area (Å²) in [6.07, 6.45) is 3.25. The molecule has 0 bridgehead atoms. The fraction of sp³-hybridized carbons (Fsp3) is 0.571. The molecular weight excluding hydrogens is 382 g/mol. The van der Waals surface area contributed by atoms with E-state index in [1.165, 1.54) is 6.33 Å². The Kier molecular flexibility index (Phi) is 8.18. The number of nitrogens with one attached hydrogen (secondary N) is 2. The minimum Gasteiger partial charge on any atom is -0.387 e. The van der Waals surface area contributed by atoms with E-state index in [4.69, 9.17) is 4.74 Å². The summed E-state index contributed by atoms with van der Waals surface area (Å²) >= 11 is 0. The van der Waals surface area contributed by atoms with Crippen molar-refractivity contribution in [3.8, 4) is 0 Å². The van der Waals surface area contributed by atoms with Gasteiger partial charge in [-0.05, 0) is 25.0 Å². The van der Waals surface area contributed by atoms with Crippen LogP contribution in [0, 0.1) is 0 Å². The number of aliphatic imine (C=N–C) groups is 1. The van der Waals surface area contributed by atoms with Gasteiger partial charge in [0.05, 0.1) is 31.9 Å². The van der Waals surface area contributed by atoms with E-state index in [2.05, 4.69) is 48.8 Å². The second-order valence-electron chi connectivity index (χ2n) is 7.85. The van der Waals surface area contributed by atoms with E-state index in [0.717, 1.165) is 44.0 Å². The van der Waals surface area contributed by atoms with Crippen LogP contribution in [0.4, 0.5) is 0 Å². The van der Waals surface area contributed by atoms with E-state index < -0.39 is 5.60 Å². The molecule has 164 valence electrons. The first-order valence-electron chi connectivity index (χ1n) is 10.5. The molecule has 3 N–H and O–H groups in total. The normalized spacial score (nSPS) is 17.5. The predicted molar refractivity (Wildman–Crippen MR) is 116 cm³/mol. The minimum atomic E-state index is -0.856. The average molecular weight is 416 g/mol. The Bertz CT molecular complexity index is 786. The maximum absolute atomic E-state index is 10.8. The number of morpholine rings is 1. The van der Waals surface area contributed by atoms with Crippen molar-refractivity contribution >= 4 is 5.96 Å². The summed E-state index contributed by atoms with van der Waals surface area (Å²) < 4.78 is 7.18. The molecule has 9 nitrogen and oxygen atoms in total. The monoisotopic (exact) mass is 415 g/mol. The SMILES string of the molecule is CCNC(=NCc1cccc(Cn2cncn2)c1)NCC(C)(O)CN1CCOCC1. The summed E-state index contributed by atoms with van der Waals surface area (Å²) in [5.41, 5.74) is 1.41. The molecule has 0 radical (unpaired) electrons. The van der Waals surface area contributed by atoms with E-state index >= 15 is 0 Å². The van der Waals surface area contributed by atoms with Gasteiger partial charge in [0.2, 0.25) is 0 Å². The summed E-state index contributed by atoms with van der Waals surface area (Å²) in [4.78, 5) is 10.9. The van der Waals surface area contributed by atoms with Crippen molar-refractivity contribution in [3.63, 3.8) is 0 Å². The van der Waals surface area contributed by atoms with Gasteiger partial charge >= 0.3 is 0 Å². The van der Waals surface area contributed by atoms with Crippen LogP contribution in [-0.2, 0) is 17.8 Å². The topological polar surface area (TPSA) is 99.8 Å². The van der Waals surface area contributed by atoms with E-state index in [9.17, 15) is 5.11 Å². The van der Waals surface area contributed by atoms with E-state index in [0.29, 0.717) is 32.1 Å². The van der Waals surface area contributed by atoms with Gasteiger partial charge in [-0.15, -0.1) is 0 Å². The fourth-order valence-corrected chi connectivity index (χ4v) is 3.41. The van der Waals surface area contributed by atoms with Crippen LogP contribution in [0.5, 0.6) is 0 Å². The standard InChI is InChI=1S/C21H33N7O2/c1-3-23-20(25-14-21(2,29)15-27-7-9-30-10-8-27)24-12-18-5-4-6-19(11-18)13-28-17-22-16-26-28/h4-6,11,16-17,29H,3,7-10,12-15H2,1-2H3,(H2,23,24,25). The molecule has 1 aliphatic heterocycles. The number of benzene rings is 1. The molecule has 0 spiro atoms. The van der Waals surface area contributed by atoms with Crippen molar-refractivity contribution in [2.45, 2.75) is 32.5 Å². The van der Waals surface area contributed by atoms with Gasteiger partial charge in [-0.25, -0.2) is 14.7 Å². The number of rotatable bonds is 9. The molecule has 1 unspecified atom stereocenters. The second-order valence-corrected chi connectivity index (χ2v) is 7.85. The Hall–Kier alpha value is -2.49. The van der Waals surface area contributed by atoms with Crippen LogP contribution < -0.4 is 10.6 Å². The molecule has 0 saturated carbocycles. The quantitative estimate of drug-likeness (QED) is 0.404. The van der Waals surface area contributed by atoms with Crippen LogP contribution in [0.25, 0.3) is 0 Å². The van der Waals surface area contributed by atoms with Crippen molar-refractivity contribution in [1.82, 2.24) is 30.3 Å². The molecule has 0 amide bonds. The molecule has 0 aliphatic carbocycles. The number of ether oxygens (including phenoxy) is 1. The number of hydrogen-bond acceptors (Lipinski definition) is 6. The molecule has 1 atom stereocenters. The van der Waals surface area contributed by atoms with Gasteiger partial charge in [-0.3, -0.25) is 4.90 Å². The first kappa shape index (κ1) is 22.2. The van der Waals surface area contributed by atoms with Crippen LogP contribution in [-0.4, -0.2) is 82.3 Å². The third kappa shape index (κ3) is 7.40. The molecule has 1 aromatic carbocycles. The number of β-amino-alcohol motifs (C(OH)–C–C–N with tert-alkyl or cyclic N) is 1. The van der Waals surface area contributed by atoms with Gasteiger partial charge < -0.3 is 20.5 Å². The highest BCUT2D eigenvalue weighted by Gasteiger charge is 2.25. The van der Waals surface area contributed by atoms with E-state index in [1.807, 2.05) is 19.9 Å². The average Bonchev–Trinajstić information content (AvgIpc) is 3.24. The molecule has 1 aromatic heterocycles. The molecule has 1 aliphatic rings. The largest absolute Gasteiger partial charge is 0.387 e. The van der Waals surface area contributed by atoms with Gasteiger partial charge in [0.25, 0.3) is 0 Å². The highest BCUT2D eigenvalue weighted by atomic mass is 16.5. The third-order valence-electron chi connectivity index (χ3n) is 4.87. The van der Waals surface area contributed by atoms with Crippen molar-refractivity contribution in [2.75, 3.05) is 45.9 Å². The number of nitrogens with zero attached hydrogens (tertiary/aromatic N) is 5. The summed E-state index contributed by atoms with van der Waals surface area (Å²) in [5, 5.41) is 21.5. The minimum absolute atomic E-state index is 0.419. The number of aliphatic hydroxyl groups is 1. The molecule has 3 rings (SSSR count). The summed E-state index contributed by atoms with van der Waals surface area (Å²) in [7, 11) is 0. The maximum Gasteiger partial charge on any atom is 0.191 e. The van der Waals surface area contributed by atoms with Crippen LogP contribution in [0.2, 0.25) is 0 Å². The van der Waals surface area contributed by atoms with Crippen molar-refractivity contribution in [1.29, 1.82) is 0 Å². The van der Waals surface area contributed by atoms with Crippen molar-refractivity contribution in [3.05, 3.63) is 48.0 Å². The first-order chi connectivity index (χ1) is 14.5. The van der Waals surface area contributed by atoms with Crippen molar-refractivity contribution < 1.29 is 9.84 Å². The zero-order valence-electron chi connectivity index (χ0n) is 17.9.